The maximum atomic E-state index is 12.9. The van der Waals surface area contributed by atoms with Gasteiger partial charge in [0.1, 0.15) is 13.2 Å². The van der Waals surface area contributed by atoms with Crippen LogP contribution >= 0.6 is 0 Å². The summed E-state index contributed by atoms with van der Waals surface area (Å²) in [7, 11) is 0. The molecule has 0 rings (SSSR count). The van der Waals surface area contributed by atoms with Crippen molar-refractivity contribution in [3.8, 4) is 0 Å². The van der Waals surface area contributed by atoms with Gasteiger partial charge >= 0.3 is 17.9 Å². The number of esters is 3. The van der Waals surface area contributed by atoms with E-state index in [2.05, 4.69) is 130 Å². The molecule has 0 amide bonds. The number of rotatable bonds is 64. The van der Waals surface area contributed by atoms with Crippen molar-refractivity contribution in [2.24, 2.45) is 0 Å². The summed E-state index contributed by atoms with van der Waals surface area (Å²) in [5.41, 5.74) is 0. The van der Waals surface area contributed by atoms with Gasteiger partial charge in [-0.05, 0) is 122 Å². The molecule has 0 saturated carbocycles. The van der Waals surface area contributed by atoms with Gasteiger partial charge in [0.2, 0.25) is 0 Å². The fraction of sp³-hybridized carbons (Fsp3) is 0.727. The summed E-state index contributed by atoms with van der Waals surface area (Å²) in [6.45, 7) is 6.41. The van der Waals surface area contributed by atoms with Gasteiger partial charge in [-0.15, -0.1) is 0 Å². The minimum Gasteiger partial charge on any atom is -0.462 e. The van der Waals surface area contributed by atoms with E-state index in [1.807, 2.05) is 0 Å². The van der Waals surface area contributed by atoms with Crippen molar-refractivity contribution in [3.63, 3.8) is 0 Å². The molecule has 0 aromatic rings. The maximum absolute atomic E-state index is 12.9. The molecule has 476 valence electrons. The quantitative estimate of drug-likeness (QED) is 0.0261. The molecule has 6 nitrogen and oxygen atoms in total. The molecule has 1 atom stereocenters. The second-order valence-corrected chi connectivity index (χ2v) is 23.4. The van der Waals surface area contributed by atoms with Crippen molar-refractivity contribution < 1.29 is 28.6 Å². The fourth-order valence-corrected chi connectivity index (χ4v) is 10.0. The molecule has 0 aromatic carbocycles. The Morgan fingerprint density at radius 1 is 0.253 bits per heavy atom. The van der Waals surface area contributed by atoms with Crippen molar-refractivity contribution in [2.45, 2.75) is 348 Å². The Bertz CT molecular complexity index is 1660. The highest BCUT2D eigenvalue weighted by Gasteiger charge is 2.19. The highest BCUT2D eigenvalue weighted by molar-refractivity contribution is 5.71. The second kappa shape index (κ2) is 70.6. The standard InChI is InChI=1S/C77H132O6/c1-4-7-10-13-16-19-22-25-28-30-32-33-34-35-36-37-38-39-40-41-42-43-45-46-49-52-55-58-61-64-67-70-76(79)82-73-74(72-81-75(78)69-66-63-60-57-54-51-48-27-24-21-18-15-12-9-6-3)83-77(80)71-68-65-62-59-56-53-50-47-44-31-29-26-23-20-17-14-11-8-5-2/h7,9-10,12,16-21,25-29,32-33,48,74H,4-6,8,11,13-15,22-24,30-31,34-47,49-73H2,1-3H3/b10-7-,12-9-,19-16-,20-17-,21-18-,28-25-,29-26-,33-32-,48-27-. The van der Waals surface area contributed by atoms with E-state index in [0.29, 0.717) is 19.3 Å². The number of ether oxygens (including phenoxy) is 3. The Morgan fingerprint density at radius 2 is 0.470 bits per heavy atom. The fourth-order valence-electron chi connectivity index (χ4n) is 10.0. The topological polar surface area (TPSA) is 78.9 Å². The summed E-state index contributed by atoms with van der Waals surface area (Å²) in [5.74, 6) is -0.890. The Morgan fingerprint density at radius 3 is 0.735 bits per heavy atom. The normalized spacial score (nSPS) is 12.8. The lowest BCUT2D eigenvalue weighted by Gasteiger charge is -2.18. The van der Waals surface area contributed by atoms with Gasteiger partial charge in [0.05, 0.1) is 0 Å². The minimum absolute atomic E-state index is 0.0830. The predicted octanol–water partition coefficient (Wildman–Crippen LogP) is 24.6. The molecule has 0 spiro atoms. The number of hydrogen-bond donors (Lipinski definition) is 0. The molecule has 0 fully saturated rings. The molecule has 0 bridgehead atoms. The van der Waals surface area contributed by atoms with Crippen LogP contribution in [0, 0.1) is 0 Å². The van der Waals surface area contributed by atoms with Crippen LogP contribution in [0.3, 0.4) is 0 Å². The van der Waals surface area contributed by atoms with Gasteiger partial charge in [-0.3, -0.25) is 14.4 Å². The lowest BCUT2D eigenvalue weighted by molar-refractivity contribution is -0.167. The van der Waals surface area contributed by atoms with Crippen molar-refractivity contribution >= 4 is 17.9 Å². The average molecular weight is 1150 g/mol. The first-order valence-electron chi connectivity index (χ1n) is 35.4. The third-order valence-electron chi connectivity index (χ3n) is 15.2. The van der Waals surface area contributed by atoms with Gasteiger partial charge in [0, 0.05) is 19.3 Å². The van der Waals surface area contributed by atoms with E-state index < -0.39 is 6.10 Å². The van der Waals surface area contributed by atoms with E-state index in [-0.39, 0.29) is 31.1 Å². The highest BCUT2D eigenvalue weighted by atomic mass is 16.6. The zero-order chi connectivity index (χ0) is 59.9. The Labute approximate surface area is 514 Å². The van der Waals surface area contributed by atoms with Gasteiger partial charge in [0.15, 0.2) is 6.10 Å². The van der Waals surface area contributed by atoms with Crippen LogP contribution in [0.5, 0.6) is 0 Å². The van der Waals surface area contributed by atoms with Crippen LogP contribution < -0.4 is 0 Å². The van der Waals surface area contributed by atoms with Crippen molar-refractivity contribution in [1.29, 1.82) is 0 Å². The van der Waals surface area contributed by atoms with Crippen LogP contribution in [0.1, 0.15) is 342 Å². The number of carbonyl (C=O) groups is 3. The van der Waals surface area contributed by atoms with E-state index in [4.69, 9.17) is 14.2 Å². The smallest absolute Gasteiger partial charge is 0.306 e. The molecule has 0 N–H and O–H groups in total. The lowest BCUT2D eigenvalue weighted by Crippen LogP contribution is -2.30. The third kappa shape index (κ3) is 68.7. The molecule has 0 saturated heterocycles. The van der Waals surface area contributed by atoms with Crippen LogP contribution in [0.2, 0.25) is 0 Å². The zero-order valence-electron chi connectivity index (χ0n) is 54.7. The molecule has 0 heterocycles. The number of allylic oxidation sites excluding steroid dienone is 18. The van der Waals surface area contributed by atoms with Crippen molar-refractivity contribution in [2.75, 3.05) is 13.2 Å². The van der Waals surface area contributed by atoms with Crippen molar-refractivity contribution in [3.05, 3.63) is 109 Å². The first-order chi connectivity index (χ1) is 41.0. The molecular weight excluding hydrogens is 1020 g/mol. The van der Waals surface area contributed by atoms with E-state index in [1.165, 1.54) is 173 Å². The van der Waals surface area contributed by atoms with Gasteiger partial charge in [-0.2, -0.15) is 0 Å². The van der Waals surface area contributed by atoms with E-state index >= 15 is 0 Å². The summed E-state index contributed by atoms with van der Waals surface area (Å²) < 4.78 is 17.0. The Balaban J connectivity index is 4.25. The summed E-state index contributed by atoms with van der Waals surface area (Å²) in [5, 5.41) is 0. The Hall–Kier alpha value is -3.93. The van der Waals surface area contributed by atoms with Crippen LogP contribution in [-0.4, -0.2) is 37.2 Å². The largest absolute Gasteiger partial charge is 0.462 e. The molecule has 1 unspecified atom stereocenters. The van der Waals surface area contributed by atoms with Gasteiger partial charge < -0.3 is 14.2 Å². The molecule has 0 aliphatic rings. The third-order valence-corrected chi connectivity index (χ3v) is 15.2. The van der Waals surface area contributed by atoms with Crippen LogP contribution in [0.25, 0.3) is 0 Å². The lowest BCUT2D eigenvalue weighted by atomic mass is 10.0. The predicted molar refractivity (Wildman–Crippen MR) is 362 cm³/mol. The number of unbranched alkanes of at least 4 members (excludes halogenated alkanes) is 35. The first kappa shape index (κ1) is 79.1. The minimum atomic E-state index is -0.789. The first-order valence-corrected chi connectivity index (χ1v) is 35.4. The highest BCUT2D eigenvalue weighted by Crippen LogP contribution is 2.17. The molecule has 6 heteroatoms. The van der Waals surface area contributed by atoms with Crippen LogP contribution in [-0.2, 0) is 28.6 Å². The maximum Gasteiger partial charge on any atom is 0.306 e. The van der Waals surface area contributed by atoms with Gasteiger partial charge in [0.25, 0.3) is 0 Å². The summed E-state index contributed by atoms with van der Waals surface area (Å²) in [6.07, 6.45) is 96.9. The molecule has 0 aliphatic heterocycles. The number of hydrogen-bond acceptors (Lipinski definition) is 6. The summed E-state index contributed by atoms with van der Waals surface area (Å²) in [4.78, 5) is 38.4. The van der Waals surface area contributed by atoms with E-state index in [1.54, 1.807) is 0 Å². The number of carbonyl (C=O) groups excluding carboxylic acids is 3. The molecule has 0 aromatic heterocycles. The van der Waals surface area contributed by atoms with Crippen LogP contribution in [0.4, 0.5) is 0 Å². The molecule has 83 heavy (non-hydrogen) atoms. The monoisotopic (exact) mass is 1150 g/mol. The van der Waals surface area contributed by atoms with Gasteiger partial charge in [-0.25, -0.2) is 0 Å². The average Bonchev–Trinajstić information content (AvgIpc) is 3.49. The molecule has 0 radical (unpaired) electrons. The van der Waals surface area contributed by atoms with Crippen LogP contribution in [0.15, 0.2) is 109 Å². The summed E-state index contributed by atoms with van der Waals surface area (Å²) in [6, 6.07) is 0. The molecular formula is C77H132O6. The van der Waals surface area contributed by atoms with E-state index in [0.717, 1.165) is 128 Å². The second-order valence-electron chi connectivity index (χ2n) is 23.4. The van der Waals surface area contributed by atoms with E-state index in [9.17, 15) is 14.4 Å². The summed E-state index contributed by atoms with van der Waals surface area (Å²) >= 11 is 0. The van der Waals surface area contributed by atoms with Gasteiger partial charge in [-0.1, -0.05) is 310 Å². The molecule has 0 aliphatic carbocycles. The van der Waals surface area contributed by atoms with Crippen molar-refractivity contribution in [1.82, 2.24) is 0 Å². The Kier molecular flexibility index (Phi) is 67.2. The SMILES string of the molecule is CC/C=C\C/C=C\C/C=C\C/C=C\CCCCCCCCCCCCCCCCCCCCC(=O)OCC(COC(=O)CCCCCCC/C=C\C/C=C\C/C=C\CC)OC(=O)CCCCCCCCCCC/C=C\C/C=C\CCCCC. The zero-order valence-corrected chi connectivity index (χ0v) is 54.7.